The van der Waals surface area contributed by atoms with Crippen molar-refractivity contribution in [2.45, 2.75) is 19.8 Å². The quantitative estimate of drug-likeness (QED) is 0.324. The fourth-order valence-electron chi connectivity index (χ4n) is 1.64. The average Bonchev–Trinajstić information content (AvgIpc) is 3.14. The van der Waals surface area contributed by atoms with E-state index in [4.69, 9.17) is 10.9 Å². The Hall–Kier alpha value is -2.04. The lowest BCUT2D eigenvalue weighted by Gasteiger charge is -2.10. The van der Waals surface area contributed by atoms with Crippen LogP contribution in [0.25, 0.3) is 0 Å². The first-order valence-electron chi connectivity index (χ1n) is 5.90. The summed E-state index contributed by atoms with van der Waals surface area (Å²) in [6.07, 6.45) is 2.35. The van der Waals surface area contributed by atoms with Crippen LogP contribution in [-0.4, -0.2) is 23.5 Å². The van der Waals surface area contributed by atoms with Crippen LogP contribution in [0.15, 0.2) is 29.4 Å². The molecule has 1 saturated carbocycles. The number of nitrogens with two attached hydrogens (primary N) is 1. The summed E-state index contributed by atoms with van der Waals surface area (Å²) in [7, 11) is 0. The Morgan fingerprint density at radius 1 is 1.39 bits per heavy atom. The second kappa shape index (κ2) is 4.68. The Labute approximate surface area is 106 Å². The van der Waals surface area contributed by atoms with Crippen LogP contribution in [0.5, 0.6) is 0 Å². The number of hydrogen-bond donors (Lipinski definition) is 3. The van der Waals surface area contributed by atoms with Gasteiger partial charge in [0.25, 0.3) is 5.91 Å². The van der Waals surface area contributed by atoms with E-state index >= 15 is 0 Å². The van der Waals surface area contributed by atoms with E-state index in [0.717, 1.165) is 0 Å². The lowest BCUT2D eigenvalue weighted by Crippen LogP contribution is -2.29. The van der Waals surface area contributed by atoms with Crippen molar-refractivity contribution in [3.8, 4) is 0 Å². The van der Waals surface area contributed by atoms with Gasteiger partial charge in [0.2, 0.25) is 0 Å². The number of amides is 1. The molecule has 1 aliphatic rings. The first-order valence-corrected chi connectivity index (χ1v) is 5.90. The number of carbonyl (C=O) groups excluding carboxylic acids is 1. The lowest BCUT2D eigenvalue weighted by atomic mass is 10.1. The zero-order valence-corrected chi connectivity index (χ0v) is 10.3. The van der Waals surface area contributed by atoms with Gasteiger partial charge >= 0.3 is 0 Å². The highest BCUT2D eigenvalue weighted by Crippen LogP contribution is 2.44. The number of nitrogens with one attached hydrogen (secondary N) is 1. The minimum Gasteiger partial charge on any atom is -0.409 e. The molecule has 5 nitrogen and oxygen atoms in total. The van der Waals surface area contributed by atoms with Crippen LogP contribution < -0.4 is 11.1 Å². The summed E-state index contributed by atoms with van der Waals surface area (Å²) in [5.41, 5.74) is 6.90. The van der Waals surface area contributed by atoms with Gasteiger partial charge < -0.3 is 16.3 Å². The summed E-state index contributed by atoms with van der Waals surface area (Å²) < 4.78 is 0. The third-order valence-corrected chi connectivity index (χ3v) is 3.33. The van der Waals surface area contributed by atoms with Crippen LogP contribution in [0.4, 0.5) is 0 Å². The second-order valence-electron chi connectivity index (χ2n) is 5.06. The largest absolute Gasteiger partial charge is 0.409 e. The molecular weight excluding hydrogens is 230 g/mol. The first kappa shape index (κ1) is 12.4. The highest BCUT2D eigenvalue weighted by Gasteiger charge is 2.37. The standard InChI is InChI=1S/C13H17N3O2/c1-13(6-7-13)8-15-12(17)10-4-2-9(3-5-10)11(14)16-18/h2-5,18H,6-8H2,1H3,(H2,14,16)(H,15,17). The molecule has 1 fully saturated rings. The molecule has 18 heavy (non-hydrogen) atoms. The third kappa shape index (κ3) is 2.80. The predicted molar refractivity (Wildman–Crippen MR) is 68.6 cm³/mol. The molecule has 0 heterocycles. The van der Waals surface area contributed by atoms with Crippen LogP contribution in [-0.2, 0) is 0 Å². The van der Waals surface area contributed by atoms with Crippen molar-refractivity contribution in [2.75, 3.05) is 6.54 Å². The molecule has 1 aliphatic carbocycles. The SMILES string of the molecule is CC1(CNC(=O)c2ccc(/C(N)=N/O)cc2)CC1. The maximum Gasteiger partial charge on any atom is 0.251 e. The van der Waals surface area contributed by atoms with Gasteiger partial charge in [-0.3, -0.25) is 4.79 Å². The monoisotopic (exact) mass is 247 g/mol. The van der Waals surface area contributed by atoms with Crippen molar-refractivity contribution in [1.29, 1.82) is 0 Å². The lowest BCUT2D eigenvalue weighted by molar-refractivity contribution is 0.0946. The van der Waals surface area contributed by atoms with E-state index in [1.165, 1.54) is 12.8 Å². The Balaban J connectivity index is 1.98. The Morgan fingerprint density at radius 2 is 1.94 bits per heavy atom. The number of hydrogen-bond acceptors (Lipinski definition) is 3. The highest BCUT2D eigenvalue weighted by atomic mass is 16.4. The summed E-state index contributed by atoms with van der Waals surface area (Å²) in [5, 5.41) is 14.3. The van der Waals surface area contributed by atoms with E-state index in [2.05, 4.69) is 17.4 Å². The van der Waals surface area contributed by atoms with Crippen molar-refractivity contribution in [2.24, 2.45) is 16.3 Å². The Morgan fingerprint density at radius 3 is 2.44 bits per heavy atom. The molecule has 1 amide bonds. The predicted octanol–water partition coefficient (Wildman–Crippen LogP) is 1.31. The topological polar surface area (TPSA) is 87.7 Å². The number of rotatable bonds is 4. The molecular formula is C13H17N3O2. The van der Waals surface area contributed by atoms with E-state index < -0.39 is 0 Å². The van der Waals surface area contributed by atoms with E-state index in [1.54, 1.807) is 24.3 Å². The van der Waals surface area contributed by atoms with Gasteiger partial charge in [0.1, 0.15) is 0 Å². The minimum atomic E-state index is -0.0887. The molecule has 0 bridgehead atoms. The van der Waals surface area contributed by atoms with Crippen molar-refractivity contribution >= 4 is 11.7 Å². The molecule has 0 spiro atoms. The molecule has 1 aromatic rings. The smallest absolute Gasteiger partial charge is 0.251 e. The van der Waals surface area contributed by atoms with Crippen molar-refractivity contribution in [3.63, 3.8) is 0 Å². The summed E-state index contributed by atoms with van der Waals surface area (Å²) in [6.45, 7) is 2.88. The average molecular weight is 247 g/mol. The van der Waals surface area contributed by atoms with Crippen LogP contribution in [0.3, 0.4) is 0 Å². The fraction of sp³-hybridized carbons (Fsp3) is 0.385. The van der Waals surface area contributed by atoms with E-state index in [1.807, 2.05) is 0 Å². The van der Waals surface area contributed by atoms with Crippen molar-refractivity contribution in [1.82, 2.24) is 5.32 Å². The molecule has 0 saturated heterocycles. The first-order chi connectivity index (χ1) is 8.54. The maximum atomic E-state index is 11.8. The molecule has 2 rings (SSSR count). The van der Waals surface area contributed by atoms with Gasteiger partial charge in [0, 0.05) is 17.7 Å². The van der Waals surface area contributed by atoms with Crippen LogP contribution in [0.2, 0.25) is 0 Å². The minimum absolute atomic E-state index is 0.0347. The van der Waals surface area contributed by atoms with Crippen LogP contribution in [0, 0.1) is 5.41 Å². The number of oxime groups is 1. The molecule has 0 atom stereocenters. The molecule has 4 N–H and O–H groups in total. The maximum absolute atomic E-state index is 11.8. The van der Waals surface area contributed by atoms with E-state index in [-0.39, 0.29) is 11.7 Å². The molecule has 0 radical (unpaired) electrons. The van der Waals surface area contributed by atoms with Crippen molar-refractivity contribution in [3.05, 3.63) is 35.4 Å². The number of carbonyl (C=O) groups is 1. The Kier molecular flexibility index (Phi) is 3.23. The van der Waals surface area contributed by atoms with E-state index in [0.29, 0.717) is 23.1 Å². The zero-order valence-electron chi connectivity index (χ0n) is 10.3. The summed E-state index contributed by atoms with van der Waals surface area (Å²) in [4.78, 5) is 11.8. The Bertz CT molecular complexity index is 476. The van der Waals surface area contributed by atoms with Crippen LogP contribution >= 0.6 is 0 Å². The highest BCUT2D eigenvalue weighted by molar-refractivity contribution is 5.99. The van der Waals surface area contributed by atoms with E-state index in [9.17, 15) is 4.79 Å². The second-order valence-corrected chi connectivity index (χ2v) is 5.06. The molecule has 0 aliphatic heterocycles. The molecule has 1 aromatic carbocycles. The molecule has 0 unspecified atom stereocenters. The van der Waals surface area contributed by atoms with Gasteiger partial charge in [-0.25, -0.2) is 0 Å². The zero-order chi connectivity index (χ0) is 13.2. The summed E-state index contributed by atoms with van der Waals surface area (Å²) >= 11 is 0. The normalized spacial score (nSPS) is 17.3. The van der Waals surface area contributed by atoms with Crippen LogP contribution in [0.1, 0.15) is 35.7 Å². The fourth-order valence-corrected chi connectivity index (χ4v) is 1.64. The summed E-state index contributed by atoms with van der Waals surface area (Å²) in [6, 6.07) is 6.64. The number of nitrogens with zero attached hydrogens (tertiary/aromatic N) is 1. The van der Waals surface area contributed by atoms with Gasteiger partial charge in [-0.1, -0.05) is 24.2 Å². The number of benzene rings is 1. The summed E-state index contributed by atoms with van der Waals surface area (Å²) in [5.74, 6) is -0.0540. The number of amidine groups is 1. The van der Waals surface area contributed by atoms with Gasteiger partial charge in [-0.05, 0) is 30.4 Å². The van der Waals surface area contributed by atoms with Crippen molar-refractivity contribution < 1.29 is 10.0 Å². The molecule has 5 heteroatoms. The van der Waals surface area contributed by atoms with Gasteiger partial charge in [-0.2, -0.15) is 0 Å². The third-order valence-electron chi connectivity index (χ3n) is 3.33. The van der Waals surface area contributed by atoms with Gasteiger partial charge in [0.05, 0.1) is 0 Å². The molecule has 96 valence electrons. The van der Waals surface area contributed by atoms with Gasteiger partial charge in [0.15, 0.2) is 5.84 Å². The molecule has 0 aromatic heterocycles. The van der Waals surface area contributed by atoms with Gasteiger partial charge in [-0.15, -0.1) is 0 Å².